The van der Waals surface area contributed by atoms with Gasteiger partial charge in [-0.25, -0.2) is 0 Å². The van der Waals surface area contributed by atoms with Gasteiger partial charge >= 0.3 is 0 Å². The summed E-state index contributed by atoms with van der Waals surface area (Å²) in [5, 5.41) is 3.73. The third-order valence-electron chi connectivity index (χ3n) is 3.46. The summed E-state index contributed by atoms with van der Waals surface area (Å²) in [6.07, 6.45) is 1.04. The number of likely N-dealkylation sites (tertiary alicyclic amines) is 1. The topological polar surface area (TPSA) is 41.6 Å². The number of halogens is 2. The van der Waals surface area contributed by atoms with Crippen LogP contribution in [0.1, 0.15) is 16.8 Å². The molecule has 112 valence electrons. The number of ether oxygens (including phenoxy) is 1. The maximum atomic E-state index is 12.5. The molecule has 1 aliphatic rings. The van der Waals surface area contributed by atoms with Crippen LogP contribution in [0.15, 0.2) is 18.2 Å². The minimum absolute atomic E-state index is 0. The van der Waals surface area contributed by atoms with E-state index in [0.29, 0.717) is 22.3 Å². The van der Waals surface area contributed by atoms with Gasteiger partial charge in [0.05, 0.1) is 12.7 Å². The van der Waals surface area contributed by atoms with Crippen molar-refractivity contribution in [3.05, 3.63) is 28.8 Å². The number of methoxy groups -OCH3 is 1. The molecule has 2 rings (SSSR count). The highest BCUT2D eigenvalue weighted by Crippen LogP contribution is 2.26. The molecular formula is C14H20Cl2N2O2. The first kappa shape index (κ1) is 17.1. The predicted molar refractivity (Wildman–Crippen MR) is 83.2 cm³/mol. The lowest BCUT2D eigenvalue weighted by Gasteiger charge is -2.18. The fourth-order valence-electron chi connectivity index (χ4n) is 2.48. The number of nitrogens with one attached hydrogen (secondary N) is 1. The van der Waals surface area contributed by atoms with E-state index in [4.69, 9.17) is 16.3 Å². The first-order chi connectivity index (χ1) is 9.15. The van der Waals surface area contributed by atoms with Gasteiger partial charge in [0.15, 0.2) is 0 Å². The Balaban J connectivity index is 0.00000200. The maximum absolute atomic E-state index is 12.5. The fraction of sp³-hybridized carbons (Fsp3) is 0.500. The van der Waals surface area contributed by atoms with Crippen molar-refractivity contribution in [3.8, 4) is 5.75 Å². The normalized spacial score (nSPS) is 17.8. The van der Waals surface area contributed by atoms with Gasteiger partial charge in [-0.05, 0) is 44.1 Å². The number of amides is 1. The molecule has 1 aromatic rings. The first-order valence-electron chi connectivity index (χ1n) is 6.43. The number of benzene rings is 1. The van der Waals surface area contributed by atoms with E-state index in [9.17, 15) is 4.79 Å². The first-order valence-corrected chi connectivity index (χ1v) is 6.81. The number of hydrogen-bond donors (Lipinski definition) is 1. The van der Waals surface area contributed by atoms with Gasteiger partial charge in [0, 0.05) is 18.1 Å². The van der Waals surface area contributed by atoms with Gasteiger partial charge in [-0.1, -0.05) is 11.6 Å². The molecule has 1 amide bonds. The van der Waals surface area contributed by atoms with Crippen LogP contribution in [0, 0.1) is 5.92 Å². The monoisotopic (exact) mass is 318 g/mol. The van der Waals surface area contributed by atoms with Crippen molar-refractivity contribution in [2.75, 3.05) is 33.8 Å². The van der Waals surface area contributed by atoms with Crippen LogP contribution in [0.25, 0.3) is 0 Å². The molecule has 20 heavy (non-hydrogen) atoms. The summed E-state index contributed by atoms with van der Waals surface area (Å²) in [6.45, 7) is 2.55. The van der Waals surface area contributed by atoms with Gasteiger partial charge in [0.1, 0.15) is 5.75 Å². The maximum Gasteiger partial charge on any atom is 0.257 e. The lowest BCUT2D eigenvalue weighted by molar-refractivity contribution is 0.0784. The molecule has 1 N–H and O–H groups in total. The van der Waals surface area contributed by atoms with Crippen molar-refractivity contribution < 1.29 is 9.53 Å². The summed E-state index contributed by atoms with van der Waals surface area (Å²) in [6, 6.07) is 5.13. The summed E-state index contributed by atoms with van der Waals surface area (Å²) >= 11 is 5.91. The third kappa shape index (κ3) is 3.78. The van der Waals surface area contributed by atoms with Crippen molar-refractivity contribution >= 4 is 29.9 Å². The van der Waals surface area contributed by atoms with Crippen molar-refractivity contribution in [2.24, 2.45) is 5.92 Å². The molecule has 1 unspecified atom stereocenters. The van der Waals surface area contributed by atoms with Crippen molar-refractivity contribution in [1.82, 2.24) is 10.2 Å². The van der Waals surface area contributed by atoms with Crippen LogP contribution in [0.2, 0.25) is 5.02 Å². The summed E-state index contributed by atoms with van der Waals surface area (Å²) in [5.41, 5.74) is 0.581. The van der Waals surface area contributed by atoms with Crippen molar-refractivity contribution in [3.63, 3.8) is 0 Å². The molecule has 1 aliphatic heterocycles. The Bertz CT molecular complexity index is 468. The Morgan fingerprint density at radius 2 is 2.30 bits per heavy atom. The molecule has 0 radical (unpaired) electrons. The molecule has 0 aliphatic carbocycles. The molecule has 1 atom stereocenters. The second-order valence-electron chi connectivity index (χ2n) is 4.81. The number of carbonyl (C=O) groups excluding carboxylic acids is 1. The van der Waals surface area contributed by atoms with Gasteiger partial charge in [-0.3, -0.25) is 4.79 Å². The molecule has 1 fully saturated rings. The van der Waals surface area contributed by atoms with E-state index in [1.165, 1.54) is 0 Å². The largest absolute Gasteiger partial charge is 0.496 e. The predicted octanol–water partition coefficient (Wildman–Crippen LogP) is 2.45. The molecule has 0 saturated carbocycles. The Hall–Kier alpha value is -0.970. The zero-order chi connectivity index (χ0) is 13.8. The Kier molecular flexibility index (Phi) is 6.59. The van der Waals surface area contributed by atoms with Crippen LogP contribution in [0.4, 0.5) is 0 Å². The van der Waals surface area contributed by atoms with Crippen LogP contribution >= 0.6 is 24.0 Å². The molecule has 1 aromatic carbocycles. The lowest BCUT2D eigenvalue weighted by Crippen LogP contribution is -2.30. The minimum atomic E-state index is 0. The Morgan fingerprint density at radius 3 is 2.95 bits per heavy atom. The second kappa shape index (κ2) is 7.72. The SMILES string of the molecule is CNCC1CCN(C(=O)c2ccc(Cl)cc2OC)C1.Cl. The molecule has 0 spiro atoms. The molecule has 4 nitrogen and oxygen atoms in total. The Morgan fingerprint density at radius 1 is 1.55 bits per heavy atom. The van der Waals surface area contributed by atoms with Gasteiger partial charge in [-0.15, -0.1) is 12.4 Å². The lowest BCUT2D eigenvalue weighted by atomic mass is 10.1. The Labute approximate surface area is 130 Å². The zero-order valence-corrected chi connectivity index (χ0v) is 13.3. The third-order valence-corrected chi connectivity index (χ3v) is 3.69. The van der Waals surface area contributed by atoms with Crippen molar-refractivity contribution in [2.45, 2.75) is 6.42 Å². The summed E-state index contributed by atoms with van der Waals surface area (Å²) in [5.74, 6) is 1.09. The van der Waals surface area contributed by atoms with Crippen LogP contribution in [-0.4, -0.2) is 44.6 Å². The van der Waals surface area contributed by atoms with E-state index in [0.717, 1.165) is 26.1 Å². The molecule has 0 bridgehead atoms. The average molecular weight is 319 g/mol. The highest BCUT2D eigenvalue weighted by molar-refractivity contribution is 6.30. The van der Waals surface area contributed by atoms with E-state index in [1.54, 1.807) is 25.3 Å². The second-order valence-corrected chi connectivity index (χ2v) is 5.24. The zero-order valence-electron chi connectivity index (χ0n) is 11.7. The number of hydrogen-bond acceptors (Lipinski definition) is 3. The number of rotatable bonds is 4. The van der Waals surface area contributed by atoms with Crippen molar-refractivity contribution in [1.29, 1.82) is 0 Å². The number of nitrogens with zero attached hydrogens (tertiary/aromatic N) is 1. The smallest absolute Gasteiger partial charge is 0.257 e. The standard InChI is InChI=1S/C14H19ClN2O2.ClH/c1-16-8-10-5-6-17(9-10)14(18)12-4-3-11(15)7-13(12)19-2;/h3-4,7,10,16H,5-6,8-9H2,1-2H3;1H. The summed E-state index contributed by atoms with van der Waals surface area (Å²) in [4.78, 5) is 14.4. The molecule has 0 aromatic heterocycles. The molecule has 6 heteroatoms. The fourth-order valence-corrected chi connectivity index (χ4v) is 2.65. The van der Waals surface area contributed by atoms with E-state index < -0.39 is 0 Å². The van der Waals surface area contributed by atoms with E-state index in [-0.39, 0.29) is 18.3 Å². The minimum Gasteiger partial charge on any atom is -0.496 e. The van der Waals surface area contributed by atoms with Crippen LogP contribution in [0.3, 0.4) is 0 Å². The van der Waals surface area contributed by atoms with Crippen LogP contribution in [-0.2, 0) is 0 Å². The van der Waals surface area contributed by atoms with Gasteiger partial charge < -0.3 is 15.0 Å². The van der Waals surface area contributed by atoms with Gasteiger partial charge in [0.2, 0.25) is 0 Å². The van der Waals surface area contributed by atoms with Gasteiger partial charge in [-0.2, -0.15) is 0 Å². The molecular weight excluding hydrogens is 299 g/mol. The van der Waals surface area contributed by atoms with Crippen LogP contribution < -0.4 is 10.1 Å². The van der Waals surface area contributed by atoms with E-state index >= 15 is 0 Å². The summed E-state index contributed by atoms with van der Waals surface area (Å²) in [7, 11) is 3.49. The van der Waals surface area contributed by atoms with E-state index in [1.807, 2.05) is 11.9 Å². The van der Waals surface area contributed by atoms with E-state index in [2.05, 4.69) is 5.32 Å². The highest BCUT2D eigenvalue weighted by Gasteiger charge is 2.27. The molecule has 1 heterocycles. The quantitative estimate of drug-likeness (QED) is 0.927. The van der Waals surface area contributed by atoms with Crippen LogP contribution in [0.5, 0.6) is 5.75 Å². The summed E-state index contributed by atoms with van der Waals surface area (Å²) < 4.78 is 5.24. The highest BCUT2D eigenvalue weighted by atomic mass is 35.5. The number of carbonyl (C=O) groups is 1. The molecule has 1 saturated heterocycles. The average Bonchev–Trinajstić information content (AvgIpc) is 2.87. The van der Waals surface area contributed by atoms with Gasteiger partial charge in [0.25, 0.3) is 5.91 Å².